The van der Waals surface area contributed by atoms with Gasteiger partial charge in [0.1, 0.15) is 6.10 Å². The van der Waals surface area contributed by atoms with Crippen molar-refractivity contribution in [2.75, 3.05) is 17.6 Å². The summed E-state index contributed by atoms with van der Waals surface area (Å²) in [5, 5.41) is 11.6. The van der Waals surface area contributed by atoms with E-state index in [0.717, 1.165) is 0 Å². The topological polar surface area (TPSA) is 66.4 Å². The maximum Gasteiger partial charge on any atom is 0.265 e. The van der Waals surface area contributed by atoms with Crippen molar-refractivity contribution >= 4 is 15.5 Å². The molecule has 0 spiro atoms. The van der Waals surface area contributed by atoms with E-state index in [2.05, 4.69) is 5.32 Å². The third kappa shape index (κ3) is 4.43. The van der Waals surface area contributed by atoms with Crippen LogP contribution in [0.15, 0.2) is 29.2 Å². The van der Waals surface area contributed by atoms with Crippen molar-refractivity contribution in [1.82, 2.24) is 0 Å². The predicted octanol–water partition coefficient (Wildman–Crippen LogP) is 1.91. The number of sulfone groups is 1. The van der Waals surface area contributed by atoms with Gasteiger partial charge in [-0.3, -0.25) is 0 Å². The van der Waals surface area contributed by atoms with Crippen molar-refractivity contribution in [2.45, 2.75) is 30.8 Å². The molecule has 0 amide bonds. The van der Waals surface area contributed by atoms with Crippen LogP contribution in [0.1, 0.15) is 13.3 Å². The molecule has 0 bridgehead atoms. The van der Waals surface area contributed by atoms with E-state index in [1.54, 1.807) is 19.1 Å². The molecule has 2 N–H and O–H groups in total. The van der Waals surface area contributed by atoms with Crippen molar-refractivity contribution in [1.29, 1.82) is 0 Å². The normalized spacial score (nSPS) is 13.5. The number of alkyl halides is 2. The standard InChI is InChI=1S/C12H17F2NO3S/c1-2-7-19(17,18)11-6-4-3-5-9(11)15-8-10(16)12(13)14/h3-6,10,12,15-16H,2,7-8H2,1H3. The van der Waals surface area contributed by atoms with Gasteiger partial charge in [-0.1, -0.05) is 19.1 Å². The number of hydrogen-bond donors (Lipinski definition) is 2. The average Bonchev–Trinajstić information content (AvgIpc) is 2.36. The van der Waals surface area contributed by atoms with Gasteiger partial charge in [0.05, 0.1) is 16.3 Å². The van der Waals surface area contributed by atoms with Gasteiger partial charge in [-0.2, -0.15) is 0 Å². The first-order chi connectivity index (χ1) is 8.88. The fraction of sp³-hybridized carbons (Fsp3) is 0.500. The molecule has 1 unspecified atom stereocenters. The quantitative estimate of drug-likeness (QED) is 0.806. The smallest absolute Gasteiger partial charge is 0.265 e. The zero-order valence-electron chi connectivity index (χ0n) is 10.5. The number of anilines is 1. The van der Waals surface area contributed by atoms with Crippen molar-refractivity contribution in [2.24, 2.45) is 0 Å². The predicted molar refractivity (Wildman–Crippen MR) is 69.3 cm³/mol. The van der Waals surface area contributed by atoms with Crippen molar-refractivity contribution in [3.05, 3.63) is 24.3 Å². The maximum absolute atomic E-state index is 12.2. The van der Waals surface area contributed by atoms with Gasteiger partial charge >= 0.3 is 0 Å². The summed E-state index contributed by atoms with van der Waals surface area (Å²) in [6, 6.07) is 6.07. The van der Waals surface area contributed by atoms with Crippen molar-refractivity contribution in [3.8, 4) is 0 Å². The lowest BCUT2D eigenvalue weighted by Crippen LogP contribution is -2.27. The molecular weight excluding hydrogens is 276 g/mol. The van der Waals surface area contributed by atoms with Gasteiger partial charge in [0.25, 0.3) is 6.43 Å². The molecule has 1 aromatic carbocycles. The number of benzene rings is 1. The molecule has 0 saturated carbocycles. The fourth-order valence-electron chi connectivity index (χ4n) is 1.57. The highest BCUT2D eigenvalue weighted by atomic mass is 32.2. The van der Waals surface area contributed by atoms with Crippen LogP contribution in [0.25, 0.3) is 0 Å². The summed E-state index contributed by atoms with van der Waals surface area (Å²) < 4.78 is 48.3. The highest BCUT2D eigenvalue weighted by molar-refractivity contribution is 7.91. The Bertz CT molecular complexity index is 505. The Morgan fingerprint density at radius 1 is 1.32 bits per heavy atom. The van der Waals surface area contributed by atoms with Gasteiger partial charge in [0.15, 0.2) is 9.84 Å². The summed E-state index contributed by atoms with van der Waals surface area (Å²) in [7, 11) is -3.44. The minimum absolute atomic E-state index is 0.0108. The molecule has 0 heterocycles. The molecule has 7 heteroatoms. The molecule has 1 rings (SSSR count). The first-order valence-electron chi connectivity index (χ1n) is 5.90. The Kier molecular flexibility index (Phi) is 5.68. The fourth-order valence-corrected chi connectivity index (χ4v) is 3.08. The van der Waals surface area contributed by atoms with Crippen LogP contribution < -0.4 is 5.32 Å². The van der Waals surface area contributed by atoms with Gasteiger partial charge in [0, 0.05) is 6.54 Å². The van der Waals surface area contributed by atoms with Crippen LogP contribution in [0.3, 0.4) is 0 Å². The Balaban J connectivity index is 2.91. The average molecular weight is 293 g/mol. The largest absolute Gasteiger partial charge is 0.385 e. The minimum Gasteiger partial charge on any atom is -0.385 e. The van der Waals surface area contributed by atoms with Crippen molar-refractivity contribution in [3.63, 3.8) is 0 Å². The van der Waals surface area contributed by atoms with Gasteiger partial charge < -0.3 is 10.4 Å². The third-order valence-electron chi connectivity index (χ3n) is 2.49. The Hall–Kier alpha value is -1.21. The summed E-state index contributed by atoms with van der Waals surface area (Å²) >= 11 is 0. The lowest BCUT2D eigenvalue weighted by Gasteiger charge is -2.15. The molecule has 4 nitrogen and oxygen atoms in total. The van der Waals surface area contributed by atoms with Gasteiger partial charge in [-0.25, -0.2) is 17.2 Å². The highest BCUT2D eigenvalue weighted by Gasteiger charge is 2.20. The summed E-state index contributed by atoms with van der Waals surface area (Å²) in [4.78, 5) is 0.0679. The van der Waals surface area contributed by atoms with E-state index >= 15 is 0 Å². The SMILES string of the molecule is CCCS(=O)(=O)c1ccccc1NCC(O)C(F)F. The minimum atomic E-state index is -3.44. The third-order valence-corrected chi connectivity index (χ3v) is 4.46. The first-order valence-corrected chi connectivity index (χ1v) is 7.55. The lowest BCUT2D eigenvalue weighted by atomic mass is 10.3. The molecule has 0 aliphatic carbocycles. The highest BCUT2D eigenvalue weighted by Crippen LogP contribution is 2.22. The Morgan fingerprint density at radius 2 is 1.95 bits per heavy atom. The molecule has 0 fully saturated rings. The second-order valence-electron chi connectivity index (χ2n) is 4.10. The summed E-state index contributed by atoms with van der Waals surface area (Å²) in [5.41, 5.74) is 0.232. The Labute approximate surface area is 111 Å². The zero-order valence-corrected chi connectivity index (χ0v) is 11.3. The summed E-state index contributed by atoms with van der Waals surface area (Å²) in [6.45, 7) is 1.34. The molecule has 19 heavy (non-hydrogen) atoms. The number of halogens is 2. The molecule has 1 aromatic rings. The Morgan fingerprint density at radius 3 is 2.53 bits per heavy atom. The molecular formula is C12H17F2NO3S. The van der Waals surface area contributed by atoms with Crippen LogP contribution in [-0.4, -0.2) is 38.4 Å². The number of aliphatic hydroxyl groups excluding tert-OH is 1. The zero-order chi connectivity index (χ0) is 14.5. The summed E-state index contributed by atoms with van der Waals surface area (Å²) in [6.07, 6.45) is -4.23. The molecule has 1 atom stereocenters. The molecule has 0 aliphatic heterocycles. The number of nitrogens with one attached hydrogen (secondary N) is 1. The first kappa shape index (κ1) is 15.8. The van der Waals surface area contributed by atoms with Crippen LogP contribution in [0.2, 0.25) is 0 Å². The van der Waals surface area contributed by atoms with Gasteiger partial charge in [-0.05, 0) is 18.6 Å². The molecule has 0 aliphatic rings. The number of rotatable bonds is 7. The van der Waals surface area contributed by atoms with E-state index in [4.69, 9.17) is 5.11 Å². The van der Waals surface area contributed by atoms with E-state index in [9.17, 15) is 17.2 Å². The monoisotopic (exact) mass is 293 g/mol. The number of hydrogen-bond acceptors (Lipinski definition) is 4. The number of para-hydroxylation sites is 1. The van der Waals surface area contributed by atoms with E-state index in [-0.39, 0.29) is 16.3 Å². The van der Waals surface area contributed by atoms with Crippen LogP contribution in [-0.2, 0) is 9.84 Å². The molecule has 108 valence electrons. The summed E-state index contributed by atoms with van der Waals surface area (Å²) in [5.74, 6) is -0.0108. The molecule has 0 radical (unpaired) electrons. The van der Waals surface area contributed by atoms with E-state index < -0.39 is 28.9 Å². The van der Waals surface area contributed by atoms with E-state index in [0.29, 0.717) is 6.42 Å². The molecule has 0 saturated heterocycles. The van der Waals surface area contributed by atoms with Gasteiger partial charge in [0.2, 0.25) is 0 Å². The van der Waals surface area contributed by atoms with Crippen LogP contribution >= 0.6 is 0 Å². The molecule has 0 aromatic heterocycles. The maximum atomic E-state index is 12.2. The second-order valence-corrected chi connectivity index (χ2v) is 6.18. The van der Waals surface area contributed by atoms with E-state index in [1.807, 2.05) is 0 Å². The van der Waals surface area contributed by atoms with Crippen molar-refractivity contribution < 1.29 is 22.3 Å². The van der Waals surface area contributed by atoms with Crippen LogP contribution in [0, 0.1) is 0 Å². The van der Waals surface area contributed by atoms with E-state index in [1.165, 1.54) is 12.1 Å². The van der Waals surface area contributed by atoms with Crippen LogP contribution in [0.4, 0.5) is 14.5 Å². The second kappa shape index (κ2) is 6.81. The lowest BCUT2D eigenvalue weighted by molar-refractivity contribution is 0.00382. The van der Waals surface area contributed by atoms with Gasteiger partial charge in [-0.15, -0.1) is 0 Å². The van der Waals surface area contributed by atoms with Crippen LogP contribution in [0.5, 0.6) is 0 Å². The number of aliphatic hydroxyl groups is 1.